The molecule has 2 aromatic rings. The highest BCUT2D eigenvalue weighted by molar-refractivity contribution is 5.98. The Labute approximate surface area is 213 Å². The zero-order chi connectivity index (χ0) is 25.8. The van der Waals surface area contributed by atoms with Crippen molar-refractivity contribution in [2.24, 2.45) is 5.73 Å². The number of nitrogen functional groups attached to an aromatic ring is 1. The van der Waals surface area contributed by atoms with Crippen LogP contribution in [0, 0.1) is 5.41 Å². The minimum Gasteiger partial charge on any atom is -0.465 e. The van der Waals surface area contributed by atoms with Gasteiger partial charge in [-0.15, -0.1) is 0 Å². The molecule has 2 aliphatic heterocycles. The lowest BCUT2D eigenvalue weighted by molar-refractivity contribution is -0.146. The number of carbonyl (C=O) groups is 2. The monoisotopic (exact) mass is 497 g/mol. The number of methoxy groups -OCH3 is 1. The predicted molar refractivity (Wildman–Crippen MR) is 139 cm³/mol. The third-order valence-electron chi connectivity index (χ3n) is 7.63. The molecule has 0 bridgehead atoms. The molecular weight excluding hydrogens is 458 g/mol. The van der Waals surface area contributed by atoms with E-state index >= 15 is 0 Å². The number of carbonyl (C=O) groups excluding carboxylic acids is 2. The van der Waals surface area contributed by atoms with Gasteiger partial charge in [-0.1, -0.05) is 12.1 Å². The molecule has 2 aliphatic rings. The topological polar surface area (TPSA) is 114 Å². The molecule has 3 heterocycles. The van der Waals surface area contributed by atoms with E-state index in [-0.39, 0.29) is 42.4 Å². The molecule has 1 amide bonds. The number of aromatic nitrogens is 1. The van der Waals surface area contributed by atoms with Crippen LogP contribution in [0.15, 0.2) is 24.3 Å². The molecule has 0 aliphatic carbocycles. The number of ether oxygens (including phenoxy) is 2. The molecule has 9 heteroatoms. The van der Waals surface area contributed by atoms with Gasteiger partial charge in [0.2, 0.25) is 5.91 Å². The van der Waals surface area contributed by atoms with E-state index in [1.807, 2.05) is 28.0 Å². The highest BCUT2D eigenvalue weighted by atomic mass is 16.5. The van der Waals surface area contributed by atoms with Crippen LogP contribution < -0.4 is 5.73 Å². The number of rotatable bonds is 10. The number of likely N-dealkylation sites (tertiary alicyclic amines) is 2. The Morgan fingerprint density at radius 1 is 1.22 bits per heavy atom. The summed E-state index contributed by atoms with van der Waals surface area (Å²) in [6.07, 6.45) is 4.18. The van der Waals surface area contributed by atoms with E-state index in [9.17, 15) is 9.59 Å². The van der Waals surface area contributed by atoms with Crippen LogP contribution in [0.5, 0.6) is 0 Å². The lowest BCUT2D eigenvalue weighted by atomic mass is 10.0. The number of esters is 1. The zero-order valence-electron chi connectivity index (χ0n) is 21.7. The van der Waals surface area contributed by atoms with Crippen molar-refractivity contribution in [3.63, 3.8) is 0 Å². The van der Waals surface area contributed by atoms with Gasteiger partial charge in [-0.05, 0) is 70.0 Å². The maximum atomic E-state index is 13.7. The van der Waals surface area contributed by atoms with E-state index in [4.69, 9.17) is 20.6 Å². The van der Waals surface area contributed by atoms with Crippen LogP contribution in [-0.2, 0) is 32.0 Å². The summed E-state index contributed by atoms with van der Waals surface area (Å²) in [5, 5.41) is 8.90. The van der Waals surface area contributed by atoms with Gasteiger partial charge in [0.25, 0.3) is 0 Å². The molecule has 2 fully saturated rings. The summed E-state index contributed by atoms with van der Waals surface area (Å²) in [4.78, 5) is 29.7. The number of amides is 1. The lowest BCUT2D eigenvalue weighted by Gasteiger charge is -2.31. The second kappa shape index (κ2) is 11.4. The van der Waals surface area contributed by atoms with Gasteiger partial charge < -0.3 is 24.7 Å². The minimum absolute atomic E-state index is 0.0222. The quantitative estimate of drug-likeness (QED) is 0.296. The Morgan fingerprint density at radius 3 is 2.72 bits per heavy atom. The van der Waals surface area contributed by atoms with E-state index in [0.29, 0.717) is 13.2 Å². The Morgan fingerprint density at radius 2 is 2.03 bits per heavy atom. The Kier molecular flexibility index (Phi) is 8.31. The first-order valence-electron chi connectivity index (χ1n) is 13.1. The van der Waals surface area contributed by atoms with Crippen LogP contribution in [0.2, 0.25) is 0 Å². The lowest BCUT2D eigenvalue weighted by Crippen LogP contribution is -2.49. The van der Waals surface area contributed by atoms with Crippen molar-refractivity contribution in [2.45, 2.75) is 70.7 Å². The number of aryl methyl sites for hydroxylation is 2. The van der Waals surface area contributed by atoms with Crippen LogP contribution in [0.1, 0.15) is 50.8 Å². The average molecular weight is 498 g/mol. The molecule has 3 N–H and O–H groups in total. The number of nitrogens with two attached hydrogens (primary N) is 1. The van der Waals surface area contributed by atoms with Gasteiger partial charge in [0.15, 0.2) is 0 Å². The van der Waals surface area contributed by atoms with Gasteiger partial charge in [-0.2, -0.15) is 0 Å². The van der Waals surface area contributed by atoms with Gasteiger partial charge >= 0.3 is 5.97 Å². The molecule has 0 spiro atoms. The summed E-state index contributed by atoms with van der Waals surface area (Å²) in [7, 11) is 1.71. The van der Waals surface area contributed by atoms with E-state index in [1.54, 1.807) is 14.0 Å². The van der Waals surface area contributed by atoms with Crippen molar-refractivity contribution in [3.8, 4) is 0 Å². The first kappa shape index (κ1) is 26.2. The minimum atomic E-state index is -0.278. The second-order valence-corrected chi connectivity index (χ2v) is 9.78. The molecule has 36 heavy (non-hydrogen) atoms. The summed E-state index contributed by atoms with van der Waals surface area (Å²) in [5.41, 5.74) is 8.73. The predicted octanol–water partition coefficient (Wildman–Crippen LogP) is 2.52. The third kappa shape index (κ3) is 5.42. The summed E-state index contributed by atoms with van der Waals surface area (Å²) in [5.74, 6) is -0.106. The van der Waals surface area contributed by atoms with Crippen LogP contribution in [0.25, 0.3) is 10.9 Å². The van der Waals surface area contributed by atoms with Gasteiger partial charge in [-0.3, -0.25) is 19.9 Å². The van der Waals surface area contributed by atoms with Gasteiger partial charge in [0.05, 0.1) is 25.3 Å². The number of nitrogens with one attached hydrogen (secondary N) is 1. The van der Waals surface area contributed by atoms with Crippen LogP contribution in [0.4, 0.5) is 0 Å². The number of benzene rings is 1. The van der Waals surface area contributed by atoms with Crippen molar-refractivity contribution in [1.82, 2.24) is 14.4 Å². The molecule has 0 saturated carbocycles. The van der Waals surface area contributed by atoms with Crippen LogP contribution >= 0.6 is 0 Å². The molecule has 2 saturated heterocycles. The number of amidine groups is 1. The van der Waals surface area contributed by atoms with Crippen molar-refractivity contribution >= 4 is 28.6 Å². The average Bonchev–Trinajstić information content (AvgIpc) is 3.58. The molecule has 3 unspecified atom stereocenters. The van der Waals surface area contributed by atoms with E-state index < -0.39 is 0 Å². The van der Waals surface area contributed by atoms with Crippen molar-refractivity contribution in [1.29, 1.82) is 5.41 Å². The largest absolute Gasteiger partial charge is 0.465 e. The summed E-state index contributed by atoms with van der Waals surface area (Å²) >= 11 is 0. The number of nitrogens with zero attached hydrogens (tertiary/aromatic N) is 3. The molecule has 3 atom stereocenters. The number of hydrogen-bond acceptors (Lipinski definition) is 6. The summed E-state index contributed by atoms with van der Waals surface area (Å²) in [6.45, 7) is 6.56. The van der Waals surface area contributed by atoms with E-state index in [1.165, 1.54) is 5.69 Å². The van der Waals surface area contributed by atoms with E-state index in [0.717, 1.165) is 61.7 Å². The molecular formula is C27H39N5O4. The highest BCUT2D eigenvalue weighted by Crippen LogP contribution is 2.30. The van der Waals surface area contributed by atoms with E-state index in [2.05, 4.69) is 17.6 Å². The second-order valence-electron chi connectivity index (χ2n) is 9.78. The molecule has 1 aromatic carbocycles. The molecule has 4 rings (SSSR count). The molecule has 196 valence electrons. The first-order chi connectivity index (χ1) is 17.4. The standard InChI is InChI=1S/C27H39N5O4/c1-4-31-20(13-18-8-9-19(26(28)29)14-24(18)31)10-11-21-15-22(35-3)16-32(21)27(34)23-7-6-12-30(23)17-25(33)36-5-2/h8-9,13-14,21-23H,4-7,10-12,15-17H2,1-3H3,(H3,28,29). The summed E-state index contributed by atoms with van der Waals surface area (Å²) in [6, 6.07) is 7.90. The first-order valence-corrected chi connectivity index (χ1v) is 13.1. The fourth-order valence-corrected chi connectivity index (χ4v) is 5.82. The Hall–Kier alpha value is -2.91. The maximum absolute atomic E-state index is 13.7. The van der Waals surface area contributed by atoms with Crippen LogP contribution in [0.3, 0.4) is 0 Å². The van der Waals surface area contributed by atoms with Crippen molar-refractivity contribution in [2.75, 3.05) is 33.4 Å². The molecule has 0 radical (unpaired) electrons. The van der Waals surface area contributed by atoms with Crippen molar-refractivity contribution in [3.05, 3.63) is 35.5 Å². The fraction of sp³-hybridized carbons (Fsp3) is 0.593. The Bertz CT molecular complexity index is 1110. The Balaban J connectivity index is 1.49. The van der Waals surface area contributed by atoms with Crippen LogP contribution in [-0.4, -0.2) is 83.6 Å². The molecule has 9 nitrogen and oxygen atoms in total. The maximum Gasteiger partial charge on any atom is 0.320 e. The van der Waals surface area contributed by atoms with Gasteiger partial charge in [-0.25, -0.2) is 0 Å². The smallest absolute Gasteiger partial charge is 0.320 e. The molecule has 1 aromatic heterocycles. The fourth-order valence-electron chi connectivity index (χ4n) is 5.82. The number of fused-ring (bicyclic) bond motifs is 1. The SMILES string of the molecule is CCOC(=O)CN1CCCC1C(=O)N1CC(OC)CC1CCc1cc2ccc(C(=N)N)cc2n1CC. The van der Waals surface area contributed by atoms with Crippen molar-refractivity contribution < 1.29 is 19.1 Å². The van der Waals surface area contributed by atoms with Gasteiger partial charge in [0.1, 0.15) is 5.84 Å². The number of hydrogen-bond donors (Lipinski definition) is 2. The van der Waals surface area contributed by atoms with Gasteiger partial charge in [0, 0.05) is 43.0 Å². The third-order valence-corrected chi connectivity index (χ3v) is 7.63. The normalized spacial score (nSPS) is 22.4. The summed E-state index contributed by atoms with van der Waals surface area (Å²) < 4.78 is 13.1. The highest BCUT2D eigenvalue weighted by Gasteiger charge is 2.41. The zero-order valence-corrected chi connectivity index (χ0v) is 21.7.